The highest BCUT2D eigenvalue weighted by Crippen LogP contribution is 2.23. The quantitative estimate of drug-likeness (QED) is 0.748. The van der Waals surface area contributed by atoms with Crippen LogP contribution in [0, 0.1) is 11.6 Å². The number of hydrogen-bond donors (Lipinski definition) is 1. The maximum atomic E-state index is 13.7. The molecule has 0 aliphatic rings. The molecule has 1 amide bonds. The van der Waals surface area contributed by atoms with Crippen molar-refractivity contribution in [1.29, 1.82) is 0 Å². The second-order valence-corrected chi connectivity index (χ2v) is 6.26. The fourth-order valence-corrected chi connectivity index (χ4v) is 2.66. The molecule has 0 saturated carbocycles. The van der Waals surface area contributed by atoms with Gasteiger partial charge in [0.1, 0.15) is 11.6 Å². The molecule has 0 aromatic heterocycles. The van der Waals surface area contributed by atoms with Crippen LogP contribution in [0.25, 0.3) is 0 Å². The predicted molar refractivity (Wildman–Crippen MR) is 84.1 cm³/mol. The number of benzene rings is 2. The predicted octanol–water partition coefficient (Wildman–Crippen LogP) is 4.98. The lowest BCUT2D eigenvalue weighted by Gasteiger charge is -2.16. The SMILES string of the molecule is CC(NC(=O)c1cc(Br)ccc1Br)c1ccc(F)cc1F. The minimum absolute atomic E-state index is 0.232. The zero-order valence-corrected chi connectivity index (χ0v) is 14.1. The van der Waals surface area contributed by atoms with Crippen LogP contribution in [0.15, 0.2) is 45.3 Å². The van der Waals surface area contributed by atoms with E-state index in [2.05, 4.69) is 37.2 Å². The fraction of sp³-hybridized carbons (Fsp3) is 0.133. The molecule has 0 radical (unpaired) electrons. The molecule has 0 aliphatic heterocycles. The van der Waals surface area contributed by atoms with Crippen LogP contribution in [0.4, 0.5) is 8.78 Å². The van der Waals surface area contributed by atoms with Crippen molar-refractivity contribution >= 4 is 37.8 Å². The van der Waals surface area contributed by atoms with Crippen molar-refractivity contribution in [3.63, 3.8) is 0 Å². The van der Waals surface area contributed by atoms with Crippen LogP contribution in [-0.4, -0.2) is 5.91 Å². The molecule has 0 fully saturated rings. The Labute approximate surface area is 137 Å². The highest BCUT2D eigenvalue weighted by atomic mass is 79.9. The van der Waals surface area contributed by atoms with Crippen LogP contribution in [-0.2, 0) is 0 Å². The van der Waals surface area contributed by atoms with Gasteiger partial charge in [-0.15, -0.1) is 0 Å². The molecular formula is C15H11Br2F2NO. The topological polar surface area (TPSA) is 29.1 Å². The van der Waals surface area contributed by atoms with E-state index < -0.39 is 17.7 Å². The van der Waals surface area contributed by atoms with E-state index in [0.29, 0.717) is 10.0 Å². The summed E-state index contributed by atoms with van der Waals surface area (Å²) in [7, 11) is 0. The molecule has 2 nitrogen and oxygen atoms in total. The molecule has 1 unspecified atom stereocenters. The summed E-state index contributed by atoms with van der Waals surface area (Å²) in [5.41, 5.74) is 0.662. The zero-order chi connectivity index (χ0) is 15.6. The van der Waals surface area contributed by atoms with Gasteiger partial charge in [0.2, 0.25) is 0 Å². The van der Waals surface area contributed by atoms with E-state index in [1.165, 1.54) is 6.07 Å². The van der Waals surface area contributed by atoms with E-state index in [4.69, 9.17) is 0 Å². The normalized spacial score (nSPS) is 12.0. The summed E-state index contributed by atoms with van der Waals surface area (Å²) < 4.78 is 28.0. The summed E-state index contributed by atoms with van der Waals surface area (Å²) in [6, 6.07) is 7.90. The molecule has 1 atom stereocenters. The average Bonchev–Trinajstić information content (AvgIpc) is 2.41. The molecule has 2 rings (SSSR count). The van der Waals surface area contributed by atoms with Gasteiger partial charge in [-0.2, -0.15) is 0 Å². The molecule has 0 saturated heterocycles. The summed E-state index contributed by atoms with van der Waals surface area (Å²) in [6.07, 6.45) is 0. The molecule has 6 heteroatoms. The number of nitrogens with one attached hydrogen (secondary N) is 1. The Morgan fingerprint density at radius 2 is 1.86 bits per heavy atom. The van der Waals surface area contributed by atoms with Gasteiger partial charge in [-0.1, -0.05) is 22.0 Å². The van der Waals surface area contributed by atoms with Crippen molar-refractivity contribution in [2.24, 2.45) is 0 Å². The zero-order valence-electron chi connectivity index (χ0n) is 11.0. The van der Waals surface area contributed by atoms with Crippen LogP contribution in [0.2, 0.25) is 0 Å². The standard InChI is InChI=1S/C15H11Br2F2NO/c1-8(11-4-3-10(18)7-14(11)19)20-15(21)12-6-9(16)2-5-13(12)17/h2-8H,1H3,(H,20,21). The van der Waals surface area contributed by atoms with Crippen molar-refractivity contribution in [3.8, 4) is 0 Å². The Balaban J connectivity index is 2.20. The van der Waals surface area contributed by atoms with E-state index in [1.54, 1.807) is 25.1 Å². The van der Waals surface area contributed by atoms with Crippen molar-refractivity contribution in [2.45, 2.75) is 13.0 Å². The van der Waals surface area contributed by atoms with Crippen LogP contribution in [0.1, 0.15) is 28.9 Å². The number of halogens is 4. The molecule has 21 heavy (non-hydrogen) atoms. The summed E-state index contributed by atoms with van der Waals surface area (Å²) >= 11 is 6.59. The molecule has 0 aliphatic carbocycles. The maximum absolute atomic E-state index is 13.7. The number of hydrogen-bond acceptors (Lipinski definition) is 1. The Morgan fingerprint density at radius 1 is 1.14 bits per heavy atom. The Kier molecular flexibility index (Phi) is 5.11. The van der Waals surface area contributed by atoms with Crippen molar-refractivity contribution < 1.29 is 13.6 Å². The third-order valence-corrected chi connectivity index (χ3v) is 4.13. The number of carbonyl (C=O) groups is 1. The highest BCUT2D eigenvalue weighted by molar-refractivity contribution is 9.11. The minimum atomic E-state index is -0.684. The molecule has 0 heterocycles. The third-order valence-electron chi connectivity index (χ3n) is 2.95. The number of rotatable bonds is 3. The number of amides is 1. The van der Waals surface area contributed by atoms with E-state index in [9.17, 15) is 13.6 Å². The highest BCUT2D eigenvalue weighted by Gasteiger charge is 2.17. The molecule has 110 valence electrons. The third kappa shape index (κ3) is 3.89. The van der Waals surface area contributed by atoms with Crippen LogP contribution >= 0.6 is 31.9 Å². The molecule has 2 aromatic rings. The van der Waals surface area contributed by atoms with Crippen molar-refractivity contribution in [2.75, 3.05) is 0 Å². The van der Waals surface area contributed by atoms with Gasteiger partial charge in [0, 0.05) is 20.6 Å². The maximum Gasteiger partial charge on any atom is 0.252 e. The summed E-state index contributed by atoms with van der Waals surface area (Å²) in [5, 5.41) is 2.69. The number of carbonyl (C=O) groups excluding carboxylic acids is 1. The first-order valence-electron chi connectivity index (χ1n) is 6.09. The lowest BCUT2D eigenvalue weighted by molar-refractivity contribution is 0.0938. The molecule has 1 N–H and O–H groups in total. The monoisotopic (exact) mass is 417 g/mol. The van der Waals surface area contributed by atoms with E-state index in [1.807, 2.05) is 0 Å². The Bertz CT molecular complexity index is 691. The van der Waals surface area contributed by atoms with E-state index in [-0.39, 0.29) is 11.5 Å². The Hall–Kier alpha value is -1.27. The second-order valence-electron chi connectivity index (χ2n) is 4.49. The molecule has 0 spiro atoms. The van der Waals surface area contributed by atoms with E-state index >= 15 is 0 Å². The van der Waals surface area contributed by atoms with E-state index in [0.717, 1.165) is 16.6 Å². The smallest absolute Gasteiger partial charge is 0.252 e. The summed E-state index contributed by atoms with van der Waals surface area (Å²) in [4.78, 5) is 12.2. The first-order valence-corrected chi connectivity index (χ1v) is 7.68. The minimum Gasteiger partial charge on any atom is -0.345 e. The first kappa shape index (κ1) is 16.1. The lowest BCUT2D eigenvalue weighted by atomic mass is 10.1. The van der Waals surface area contributed by atoms with Crippen LogP contribution < -0.4 is 5.32 Å². The van der Waals surface area contributed by atoms with Crippen molar-refractivity contribution in [1.82, 2.24) is 5.32 Å². The van der Waals surface area contributed by atoms with Gasteiger partial charge in [0.05, 0.1) is 11.6 Å². The average molecular weight is 419 g/mol. The van der Waals surface area contributed by atoms with Gasteiger partial charge in [-0.3, -0.25) is 4.79 Å². The van der Waals surface area contributed by atoms with Crippen molar-refractivity contribution in [3.05, 3.63) is 68.1 Å². The second kappa shape index (κ2) is 6.66. The van der Waals surface area contributed by atoms with Gasteiger partial charge in [-0.25, -0.2) is 8.78 Å². The summed E-state index contributed by atoms with van der Waals surface area (Å²) in [6.45, 7) is 1.64. The molecule has 0 bridgehead atoms. The van der Waals surface area contributed by atoms with Gasteiger partial charge >= 0.3 is 0 Å². The molecule has 2 aromatic carbocycles. The fourth-order valence-electron chi connectivity index (χ4n) is 1.88. The van der Waals surface area contributed by atoms with Gasteiger partial charge in [0.25, 0.3) is 5.91 Å². The van der Waals surface area contributed by atoms with Crippen LogP contribution in [0.5, 0.6) is 0 Å². The van der Waals surface area contributed by atoms with Gasteiger partial charge in [0.15, 0.2) is 0 Å². The summed E-state index contributed by atoms with van der Waals surface area (Å²) in [5.74, 6) is -1.68. The van der Waals surface area contributed by atoms with Gasteiger partial charge in [-0.05, 0) is 47.1 Å². The molecular weight excluding hydrogens is 408 g/mol. The van der Waals surface area contributed by atoms with Gasteiger partial charge < -0.3 is 5.32 Å². The largest absolute Gasteiger partial charge is 0.345 e. The lowest BCUT2D eigenvalue weighted by Crippen LogP contribution is -2.27. The first-order chi connectivity index (χ1) is 9.88. The van der Waals surface area contributed by atoms with Crippen LogP contribution in [0.3, 0.4) is 0 Å². The Morgan fingerprint density at radius 3 is 2.52 bits per heavy atom.